The number of aliphatic imine (C=N–C) groups is 1. The Hall–Kier alpha value is -2.60. The smallest absolute Gasteiger partial charge is 0.191 e. The molecule has 7 heteroatoms. The minimum Gasteiger partial charge on any atom is -0.356 e. The number of guanidine groups is 1. The molecule has 2 N–H and O–H groups in total. The molecule has 0 saturated heterocycles. The fraction of sp³-hybridized carbons (Fsp3) is 0.350. The Kier molecular flexibility index (Phi) is 4.99. The number of hydrogen-bond acceptors (Lipinski definition) is 3. The van der Waals surface area contributed by atoms with Crippen LogP contribution in [0.15, 0.2) is 53.7 Å². The van der Waals surface area contributed by atoms with Crippen molar-refractivity contribution < 1.29 is 0 Å². The van der Waals surface area contributed by atoms with Gasteiger partial charge in [0.15, 0.2) is 17.4 Å². The SMILES string of the molecule is CN=C(NCc1nnc2ccccn12)NCC1(c2ccc(Cl)cc2)CCC1. The fourth-order valence-electron chi connectivity index (χ4n) is 3.62. The van der Waals surface area contributed by atoms with Gasteiger partial charge in [0.1, 0.15) is 0 Å². The van der Waals surface area contributed by atoms with Crippen LogP contribution in [-0.4, -0.2) is 34.2 Å². The van der Waals surface area contributed by atoms with Gasteiger partial charge in [-0.15, -0.1) is 10.2 Å². The molecule has 0 spiro atoms. The Labute approximate surface area is 163 Å². The van der Waals surface area contributed by atoms with Crippen LogP contribution < -0.4 is 10.6 Å². The summed E-state index contributed by atoms with van der Waals surface area (Å²) in [5.74, 6) is 1.62. The summed E-state index contributed by atoms with van der Waals surface area (Å²) in [7, 11) is 1.78. The molecule has 6 nitrogen and oxygen atoms in total. The van der Waals surface area contributed by atoms with Crippen molar-refractivity contribution in [2.24, 2.45) is 4.99 Å². The fourth-order valence-corrected chi connectivity index (χ4v) is 3.75. The number of hydrogen-bond donors (Lipinski definition) is 2. The zero-order valence-electron chi connectivity index (χ0n) is 15.3. The van der Waals surface area contributed by atoms with Crippen LogP contribution >= 0.6 is 11.6 Å². The predicted octanol–water partition coefficient (Wildman–Crippen LogP) is 3.17. The number of pyridine rings is 1. The van der Waals surface area contributed by atoms with Gasteiger partial charge in [-0.2, -0.15) is 0 Å². The molecule has 1 saturated carbocycles. The molecular weight excluding hydrogens is 360 g/mol. The molecule has 2 aromatic heterocycles. The zero-order chi connectivity index (χ0) is 18.7. The standard InChI is InChI=1S/C20H23ClN6/c1-22-19(23-13-18-26-25-17-5-2-3-12-27(17)18)24-14-20(10-4-11-20)15-6-8-16(21)9-7-15/h2-3,5-9,12H,4,10-11,13-14H2,1H3,(H2,22,23,24). The van der Waals surface area contributed by atoms with Gasteiger partial charge >= 0.3 is 0 Å². The van der Waals surface area contributed by atoms with Gasteiger partial charge < -0.3 is 10.6 Å². The highest BCUT2D eigenvalue weighted by Crippen LogP contribution is 2.43. The lowest BCUT2D eigenvalue weighted by Gasteiger charge is -2.43. The topological polar surface area (TPSA) is 66.6 Å². The van der Waals surface area contributed by atoms with Crippen molar-refractivity contribution in [1.82, 2.24) is 25.2 Å². The highest BCUT2D eigenvalue weighted by molar-refractivity contribution is 6.30. The minimum atomic E-state index is 0.157. The number of halogens is 1. The van der Waals surface area contributed by atoms with Crippen molar-refractivity contribution in [2.45, 2.75) is 31.2 Å². The van der Waals surface area contributed by atoms with E-state index in [4.69, 9.17) is 11.6 Å². The number of nitrogens with one attached hydrogen (secondary N) is 2. The van der Waals surface area contributed by atoms with E-state index in [2.05, 4.69) is 38.0 Å². The molecule has 4 rings (SSSR count). The summed E-state index contributed by atoms with van der Waals surface area (Å²) >= 11 is 6.05. The van der Waals surface area contributed by atoms with Crippen molar-refractivity contribution in [2.75, 3.05) is 13.6 Å². The molecule has 0 bridgehead atoms. The monoisotopic (exact) mass is 382 g/mol. The Morgan fingerprint density at radius 2 is 1.96 bits per heavy atom. The maximum absolute atomic E-state index is 6.05. The summed E-state index contributed by atoms with van der Waals surface area (Å²) in [6.07, 6.45) is 5.56. The molecule has 1 aliphatic rings. The lowest BCUT2D eigenvalue weighted by Crippen LogP contribution is -2.48. The second kappa shape index (κ2) is 7.56. The predicted molar refractivity (Wildman–Crippen MR) is 108 cm³/mol. The van der Waals surface area contributed by atoms with Gasteiger partial charge in [0, 0.05) is 30.2 Å². The average molecular weight is 383 g/mol. The van der Waals surface area contributed by atoms with E-state index in [9.17, 15) is 0 Å². The van der Waals surface area contributed by atoms with Crippen molar-refractivity contribution in [1.29, 1.82) is 0 Å². The normalized spacial score (nSPS) is 16.1. The van der Waals surface area contributed by atoms with Gasteiger partial charge in [-0.1, -0.05) is 36.2 Å². The van der Waals surface area contributed by atoms with Gasteiger partial charge in [-0.3, -0.25) is 9.39 Å². The van der Waals surface area contributed by atoms with Crippen LogP contribution in [0.2, 0.25) is 5.02 Å². The highest BCUT2D eigenvalue weighted by atomic mass is 35.5. The molecule has 1 aliphatic carbocycles. The van der Waals surface area contributed by atoms with Crippen LogP contribution in [0.3, 0.4) is 0 Å². The maximum Gasteiger partial charge on any atom is 0.191 e. The molecule has 0 unspecified atom stereocenters. The molecule has 3 aromatic rings. The minimum absolute atomic E-state index is 0.157. The Morgan fingerprint density at radius 1 is 1.15 bits per heavy atom. The quantitative estimate of drug-likeness (QED) is 0.525. The molecule has 140 valence electrons. The second-order valence-electron chi connectivity index (χ2n) is 6.97. The van der Waals surface area contributed by atoms with Gasteiger partial charge in [0.05, 0.1) is 6.54 Å². The maximum atomic E-state index is 6.05. The van der Waals surface area contributed by atoms with Gasteiger partial charge in [0.2, 0.25) is 0 Å². The van der Waals surface area contributed by atoms with Crippen molar-refractivity contribution >= 4 is 23.2 Å². The van der Waals surface area contributed by atoms with Crippen molar-refractivity contribution in [3.8, 4) is 0 Å². The van der Waals surface area contributed by atoms with Crippen molar-refractivity contribution in [3.05, 3.63) is 65.1 Å². The Balaban J connectivity index is 1.39. The average Bonchev–Trinajstić information content (AvgIpc) is 3.08. The van der Waals surface area contributed by atoms with E-state index in [0.717, 1.165) is 29.0 Å². The molecule has 2 heterocycles. The molecule has 0 atom stereocenters. The summed E-state index contributed by atoms with van der Waals surface area (Å²) in [5.41, 5.74) is 2.34. The second-order valence-corrected chi connectivity index (χ2v) is 7.40. The van der Waals surface area contributed by atoms with Crippen LogP contribution in [0.4, 0.5) is 0 Å². The number of benzene rings is 1. The first kappa shape index (κ1) is 17.8. The third-order valence-electron chi connectivity index (χ3n) is 5.38. The summed E-state index contributed by atoms with van der Waals surface area (Å²) < 4.78 is 1.97. The third kappa shape index (κ3) is 3.62. The number of nitrogens with zero attached hydrogens (tertiary/aromatic N) is 4. The van der Waals surface area contributed by atoms with E-state index in [1.54, 1.807) is 7.05 Å². The third-order valence-corrected chi connectivity index (χ3v) is 5.64. The van der Waals surface area contributed by atoms with Gasteiger partial charge in [-0.05, 0) is 42.7 Å². The van der Waals surface area contributed by atoms with E-state index in [1.807, 2.05) is 40.9 Å². The first-order valence-corrected chi connectivity index (χ1v) is 9.57. The molecule has 0 radical (unpaired) electrons. The summed E-state index contributed by atoms with van der Waals surface area (Å²) in [5, 5.41) is 16.0. The van der Waals surface area contributed by atoms with Crippen LogP contribution in [0.25, 0.3) is 5.65 Å². The summed E-state index contributed by atoms with van der Waals surface area (Å²) in [6, 6.07) is 14.1. The van der Waals surface area contributed by atoms with Crippen molar-refractivity contribution in [3.63, 3.8) is 0 Å². The highest BCUT2D eigenvalue weighted by Gasteiger charge is 2.38. The largest absolute Gasteiger partial charge is 0.356 e. The number of rotatable bonds is 5. The van der Waals surface area contributed by atoms with Gasteiger partial charge in [-0.25, -0.2) is 0 Å². The first-order chi connectivity index (χ1) is 13.2. The van der Waals surface area contributed by atoms with E-state index in [0.29, 0.717) is 6.54 Å². The molecular formula is C20H23ClN6. The molecule has 0 amide bonds. The molecule has 1 fully saturated rings. The summed E-state index contributed by atoms with van der Waals surface area (Å²) in [6.45, 7) is 1.40. The van der Waals surface area contributed by atoms with E-state index >= 15 is 0 Å². The number of fused-ring (bicyclic) bond motifs is 1. The zero-order valence-corrected chi connectivity index (χ0v) is 16.1. The first-order valence-electron chi connectivity index (χ1n) is 9.19. The molecule has 0 aliphatic heterocycles. The summed E-state index contributed by atoms with van der Waals surface area (Å²) in [4.78, 5) is 4.35. The van der Waals surface area contributed by atoms with Crippen LogP contribution in [0.5, 0.6) is 0 Å². The van der Waals surface area contributed by atoms with Crippen LogP contribution in [-0.2, 0) is 12.0 Å². The van der Waals surface area contributed by atoms with E-state index < -0.39 is 0 Å². The molecule has 27 heavy (non-hydrogen) atoms. The lowest BCUT2D eigenvalue weighted by molar-refractivity contribution is 0.244. The Morgan fingerprint density at radius 3 is 2.67 bits per heavy atom. The Bertz CT molecular complexity index is 943. The van der Waals surface area contributed by atoms with Gasteiger partial charge in [0.25, 0.3) is 0 Å². The number of aromatic nitrogens is 3. The lowest BCUT2D eigenvalue weighted by atomic mass is 9.64. The molecule has 1 aromatic carbocycles. The van der Waals surface area contributed by atoms with Crippen LogP contribution in [0, 0.1) is 0 Å². The van der Waals surface area contributed by atoms with Crippen LogP contribution in [0.1, 0.15) is 30.7 Å². The van der Waals surface area contributed by atoms with E-state index in [1.165, 1.54) is 24.8 Å². The van der Waals surface area contributed by atoms with E-state index in [-0.39, 0.29) is 5.41 Å².